The minimum Gasteiger partial charge on any atom is -0.449 e. The predicted molar refractivity (Wildman–Crippen MR) is 108 cm³/mol. The van der Waals surface area contributed by atoms with Crippen LogP contribution in [0, 0.1) is 0 Å². The molecule has 1 atom stereocenters. The number of ether oxygens (including phenoxy) is 1. The van der Waals surface area contributed by atoms with Gasteiger partial charge in [-0.25, -0.2) is 18.0 Å². The van der Waals surface area contributed by atoms with Crippen molar-refractivity contribution >= 4 is 33.6 Å². The van der Waals surface area contributed by atoms with Gasteiger partial charge in [0.05, 0.1) is 16.1 Å². The molecule has 3 rings (SSSR count). The molecule has 1 heterocycles. The summed E-state index contributed by atoms with van der Waals surface area (Å²) in [5.41, 5.74) is 6.53. The number of primary amides is 1. The van der Waals surface area contributed by atoms with Crippen LogP contribution in [-0.4, -0.2) is 39.0 Å². The molecule has 0 spiro atoms. The Labute approximate surface area is 173 Å². The van der Waals surface area contributed by atoms with E-state index in [1.807, 2.05) is 17.4 Å². The maximum Gasteiger partial charge on any atom is 0.338 e. The Hall–Kier alpha value is -3.40. The van der Waals surface area contributed by atoms with Crippen molar-refractivity contribution in [2.75, 3.05) is 10.8 Å². The molecular weight excluding hydrogens is 410 g/mol. The maximum absolute atomic E-state index is 13.1. The normalized spacial score (nSPS) is 14.4. The number of sulfonamides is 1. The number of rotatable bonds is 5. The summed E-state index contributed by atoms with van der Waals surface area (Å²) in [5, 5.41) is 1.81. The number of esters is 1. The molecule has 3 amide bonds. The third kappa shape index (κ3) is 4.43. The van der Waals surface area contributed by atoms with Gasteiger partial charge < -0.3 is 10.5 Å². The van der Waals surface area contributed by atoms with Crippen molar-refractivity contribution in [3.8, 4) is 0 Å². The van der Waals surface area contributed by atoms with E-state index in [0.717, 1.165) is 12.0 Å². The molecule has 0 fully saturated rings. The van der Waals surface area contributed by atoms with Gasteiger partial charge in [0.15, 0.2) is 6.10 Å². The number of nitrogens with one attached hydrogen (secondary N) is 1. The first kappa shape index (κ1) is 21.3. The lowest BCUT2D eigenvalue weighted by molar-refractivity contribution is -0.127. The van der Waals surface area contributed by atoms with E-state index in [-0.39, 0.29) is 10.5 Å². The number of hydrogen-bond acceptors (Lipinski definition) is 6. The van der Waals surface area contributed by atoms with Gasteiger partial charge in [-0.3, -0.25) is 14.4 Å². The molecule has 0 saturated heterocycles. The lowest BCUT2D eigenvalue weighted by Gasteiger charge is -2.30. The molecule has 0 saturated carbocycles. The number of para-hydroxylation sites is 1. The second-order valence-corrected chi connectivity index (χ2v) is 8.60. The van der Waals surface area contributed by atoms with Crippen molar-refractivity contribution < 1.29 is 27.5 Å². The number of hydrogen-bond donors (Lipinski definition) is 2. The van der Waals surface area contributed by atoms with Gasteiger partial charge in [-0.05, 0) is 55.7 Å². The molecule has 1 aliphatic heterocycles. The summed E-state index contributed by atoms with van der Waals surface area (Å²) >= 11 is 0. The Morgan fingerprint density at radius 2 is 1.77 bits per heavy atom. The number of anilines is 1. The van der Waals surface area contributed by atoms with Gasteiger partial charge in [0.2, 0.25) is 0 Å². The number of nitrogens with zero attached hydrogens (tertiary/aromatic N) is 1. The fourth-order valence-electron chi connectivity index (χ4n) is 3.14. The molecular formula is C20H21N3O6S. The molecule has 158 valence electrons. The minimum atomic E-state index is -3.80. The van der Waals surface area contributed by atoms with Crippen molar-refractivity contribution in [2.24, 2.45) is 5.73 Å². The van der Waals surface area contributed by atoms with Crippen LogP contribution in [0.1, 0.15) is 29.3 Å². The second-order valence-electron chi connectivity index (χ2n) is 6.73. The fourth-order valence-corrected chi connectivity index (χ4v) is 4.69. The highest BCUT2D eigenvalue weighted by Gasteiger charge is 2.29. The number of aryl methyl sites for hydroxylation is 1. The Kier molecular flexibility index (Phi) is 6.06. The van der Waals surface area contributed by atoms with Crippen LogP contribution in [0.4, 0.5) is 10.5 Å². The number of carbonyl (C=O) groups excluding carboxylic acids is 3. The van der Waals surface area contributed by atoms with Crippen molar-refractivity contribution in [3.63, 3.8) is 0 Å². The summed E-state index contributed by atoms with van der Waals surface area (Å²) in [5.74, 6) is -1.70. The standard InChI is InChI=1S/C20H21N3O6S/c1-13(18(24)22-20(21)26)29-19(25)15-8-10-16(11-9-15)30(27,28)23-12-4-6-14-5-2-3-7-17(14)23/h2-3,5,7-11,13H,4,6,12H2,1H3,(H3,21,22,24,26)/t13-/m1/s1. The molecule has 1 aliphatic rings. The minimum absolute atomic E-state index is 0.0373. The molecule has 2 aromatic rings. The Morgan fingerprint density at radius 1 is 1.10 bits per heavy atom. The van der Waals surface area contributed by atoms with Gasteiger partial charge >= 0.3 is 12.0 Å². The van der Waals surface area contributed by atoms with Crippen LogP contribution in [0.5, 0.6) is 0 Å². The number of fused-ring (bicyclic) bond motifs is 1. The molecule has 3 N–H and O–H groups in total. The fraction of sp³-hybridized carbons (Fsp3) is 0.250. The van der Waals surface area contributed by atoms with E-state index in [4.69, 9.17) is 10.5 Å². The van der Waals surface area contributed by atoms with Crippen LogP contribution in [-0.2, 0) is 26.0 Å². The highest BCUT2D eigenvalue weighted by molar-refractivity contribution is 7.92. The molecule has 2 aromatic carbocycles. The van der Waals surface area contributed by atoms with Crippen molar-refractivity contribution in [1.82, 2.24) is 5.32 Å². The first-order valence-corrected chi connectivity index (χ1v) is 10.7. The van der Waals surface area contributed by atoms with Crippen LogP contribution in [0.3, 0.4) is 0 Å². The average Bonchev–Trinajstić information content (AvgIpc) is 2.72. The summed E-state index contributed by atoms with van der Waals surface area (Å²) in [6.45, 7) is 1.65. The number of benzene rings is 2. The summed E-state index contributed by atoms with van der Waals surface area (Å²) in [4.78, 5) is 34.5. The largest absolute Gasteiger partial charge is 0.449 e. The lowest BCUT2D eigenvalue weighted by Crippen LogP contribution is -2.42. The number of carbonyl (C=O) groups is 3. The number of amides is 3. The van der Waals surface area contributed by atoms with E-state index in [1.165, 1.54) is 35.5 Å². The van der Waals surface area contributed by atoms with E-state index in [1.54, 1.807) is 12.1 Å². The second kappa shape index (κ2) is 8.54. The van der Waals surface area contributed by atoms with E-state index in [2.05, 4.69) is 0 Å². The molecule has 0 radical (unpaired) electrons. The monoisotopic (exact) mass is 431 g/mol. The van der Waals surface area contributed by atoms with Crippen molar-refractivity contribution in [3.05, 3.63) is 59.7 Å². The molecule has 9 nitrogen and oxygen atoms in total. The Morgan fingerprint density at radius 3 is 2.43 bits per heavy atom. The van der Waals surface area contributed by atoms with Crippen molar-refractivity contribution in [1.29, 1.82) is 0 Å². The zero-order chi connectivity index (χ0) is 21.9. The zero-order valence-corrected chi connectivity index (χ0v) is 17.0. The van der Waals surface area contributed by atoms with Gasteiger partial charge in [-0.2, -0.15) is 0 Å². The third-order valence-corrected chi connectivity index (χ3v) is 6.47. The van der Waals surface area contributed by atoms with Gasteiger partial charge in [0.25, 0.3) is 15.9 Å². The quantitative estimate of drug-likeness (QED) is 0.690. The van der Waals surface area contributed by atoms with Crippen LogP contribution < -0.4 is 15.4 Å². The SMILES string of the molecule is C[C@@H](OC(=O)c1ccc(S(=O)(=O)N2CCCc3ccccc32)cc1)C(=O)NC(N)=O. The molecule has 0 aliphatic carbocycles. The Balaban J connectivity index is 1.76. The predicted octanol–water partition coefficient (Wildman–Crippen LogP) is 1.57. The number of imide groups is 1. The summed E-state index contributed by atoms with van der Waals surface area (Å²) in [6.07, 6.45) is 0.277. The number of nitrogens with two attached hydrogens (primary N) is 1. The molecule has 0 bridgehead atoms. The maximum atomic E-state index is 13.1. The summed E-state index contributed by atoms with van der Waals surface area (Å²) < 4.78 is 32.6. The first-order chi connectivity index (χ1) is 14.2. The average molecular weight is 431 g/mol. The Bertz CT molecular complexity index is 1080. The number of urea groups is 1. The van der Waals surface area contributed by atoms with E-state index in [9.17, 15) is 22.8 Å². The van der Waals surface area contributed by atoms with Crippen LogP contribution >= 0.6 is 0 Å². The molecule has 0 unspecified atom stereocenters. The smallest absolute Gasteiger partial charge is 0.338 e. The highest BCUT2D eigenvalue weighted by Crippen LogP contribution is 2.31. The zero-order valence-electron chi connectivity index (χ0n) is 16.2. The highest BCUT2D eigenvalue weighted by atomic mass is 32.2. The topological polar surface area (TPSA) is 136 Å². The molecule has 0 aromatic heterocycles. The molecule has 10 heteroatoms. The first-order valence-electron chi connectivity index (χ1n) is 9.22. The van der Waals surface area contributed by atoms with Crippen LogP contribution in [0.15, 0.2) is 53.4 Å². The van der Waals surface area contributed by atoms with E-state index >= 15 is 0 Å². The third-order valence-electron chi connectivity index (χ3n) is 4.65. The summed E-state index contributed by atoms with van der Waals surface area (Å²) in [7, 11) is -3.80. The van der Waals surface area contributed by atoms with Gasteiger partial charge in [-0.1, -0.05) is 18.2 Å². The molecule has 30 heavy (non-hydrogen) atoms. The summed E-state index contributed by atoms with van der Waals surface area (Å²) in [6, 6.07) is 11.5. The van der Waals surface area contributed by atoms with Crippen molar-refractivity contribution in [2.45, 2.75) is 30.8 Å². The van der Waals surface area contributed by atoms with E-state index < -0.39 is 34.0 Å². The van der Waals surface area contributed by atoms with Crippen LogP contribution in [0.2, 0.25) is 0 Å². The lowest BCUT2D eigenvalue weighted by atomic mass is 10.0. The van der Waals surface area contributed by atoms with E-state index in [0.29, 0.717) is 18.7 Å². The van der Waals surface area contributed by atoms with Crippen LogP contribution in [0.25, 0.3) is 0 Å². The van der Waals surface area contributed by atoms with Gasteiger partial charge in [0.1, 0.15) is 0 Å². The van der Waals surface area contributed by atoms with Gasteiger partial charge in [0, 0.05) is 6.54 Å². The van der Waals surface area contributed by atoms with Gasteiger partial charge in [-0.15, -0.1) is 0 Å².